The first-order valence-electron chi connectivity index (χ1n) is 8.75. The van der Waals surface area contributed by atoms with Crippen LogP contribution >= 0.6 is 11.6 Å². The third-order valence-electron chi connectivity index (χ3n) is 4.92. The number of aryl methyl sites for hydroxylation is 1. The van der Waals surface area contributed by atoms with Crippen LogP contribution in [0.25, 0.3) is 5.76 Å². The van der Waals surface area contributed by atoms with E-state index in [2.05, 4.69) is 17.5 Å². The van der Waals surface area contributed by atoms with Crippen molar-refractivity contribution < 1.29 is 9.53 Å². The SMILES string of the molecule is CC(=O)NC1=C(C#N)C(c2ccc(Cl)cc2)C2=C(O1)c1ccccc1CC2. The van der Waals surface area contributed by atoms with E-state index in [1.807, 2.05) is 42.5 Å². The lowest BCUT2D eigenvalue weighted by Crippen LogP contribution is -2.29. The average molecular weight is 377 g/mol. The summed E-state index contributed by atoms with van der Waals surface area (Å²) >= 11 is 6.05. The average Bonchev–Trinajstić information content (AvgIpc) is 2.67. The van der Waals surface area contributed by atoms with Gasteiger partial charge in [-0.1, -0.05) is 48.0 Å². The molecule has 1 amide bonds. The fourth-order valence-electron chi connectivity index (χ4n) is 3.77. The maximum Gasteiger partial charge on any atom is 0.223 e. The number of carbonyl (C=O) groups is 1. The molecule has 1 aliphatic carbocycles. The van der Waals surface area contributed by atoms with Crippen LogP contribution in [-0.4, -0.2) is 5.91 Å². The number of ether oxygens (including phenoxy) is 1. The van der Waals surface area contributed by atoms with Gasteiger partial charge in [-0.25, -0.2) is 0 Å². The highest BCUT2D eigenvalue weighted by Gasteiger charge is 2.36. The summed E-state index contributed by atoms with van der Waals surface area (Å²) < 4.78 is 6.09. The normalized spacial score (nSPS) is 18.2. The molecule has 1 aliphatic heterocycles. The van der Waals surface area contributed by atoms with Gasteiger partial charge >= 0.3 is 0 Å². The van der Waals surface area contributed by atoms with Gasteiger partial charge in [0.1, 0.15) is 17.4 Å². The van der Waals surface area contributed by atoms with E-state index in [-0.39, 0.29) is 17.7 Å². The molecule has 0 aromatic heterocycles. The van der Waals surface area contributed by atoms with Gasteiger partial charge in [0, 0.05) is 23.4 Å². The van der Waals surface area contributed by atoms with Crippen molar-refractivity contribution in [2.75, 3.05) is 0 Å². The summed E-state index contributed by atoms with van der Waals surface area (Å²) in [5, 5.41) is 13.2. The van der Waals surface area contributed by atoms with Gasteiger partial charge in [0.15, 0.2) is 0 Å². The number of fused-ring (bicyclic) bond motifs is 2. The Hall–Kier alpha value is -3.03. The van der Waals surface area contributed by atoms with Crippen molar-refractivity contribution in [1.29, 1.82) is 5.26 Å². The predicted octanol–water partition coefficient (Wildman–Crippen LogP) is 4.68. The third kappa shape index (κ3) is 3.11. The molecule has 4 nitrogen and oxygen atoms in total. The molecule has 0 saturated carbocycles. The molecule has 1 atom stereocenters. The maximum atomic E-state index is 11.7. The van der Waals surface area contributed by atoms with E-state index in [1.165, 1.54) is 12.5 Å². The fourth-order valence-corrected chi connectivity index (χ4v) is 3.89. The van der Waals surface area contributed by atoms with Gasteiger partial charge in [-0.3, -0.25) is 10.1 Å². The summed E-state index contributed by atoms with van der Waals surface area (Å²) in [6, 6.07) is 17.8. The van der Waals surface area contributed by atoms with Crippen LogP contribution in [0.4, 0.5) is 0 Å². The highest BCUT2D eigenvalue weighted by atomic mass is 35.5. The van der Waals surface area contributed by atoms with Crippen LogP contribution in [0.15, 0.2) is 65.6 Å². The van der Waals surface area contributed by atoms with Crippen molar-refractivity contribution in [3.8, 4) is 6.07 Å². The zero-order valence-electron chi connectivity index (χ0n) is 14.8. The lowest BCUT2D eigenvalue weighted by atomic mass is 9.76. The summed E-state index contributed by atoms with van der Waals surface area (Å²) in [4.78, 5) is 11.7. The molecule has 134 valence electrons. The number of allylic oxidation sites excluding steroid dienone is 2. The number of nitrogens with zero attached hydrogens (tertiary/aromatic N) is 1. The number of nitrogens with one attached hydrogen (secondary N) is 1. The van der Waals surface area contributed by atoms with E-state index in [0.29, 0.717) is 10.6 Å². The van der Waals surface area contributed by atoms with Gasteiger partial charge in [-0.05, 0) is 41.7 Å². The molecular weight excluding hydrogens is 360 g/mol. The van der Waals surface area contributed by atoms with Crippen molar-refractivity contribution in [3.63, 3.8) is 0 Å². The number of nitriles is 1. The molecule has 0 bridgehead atoms. The number of benzene rings is 2. The van der Waals surface area contributed by atoms with Crippen molar-refractivity contribution >= 4 is 23.3 Å². The molecule has 0 saturated heterocycles. The van der Waals surface area contributed by atoms with Crippen molar-refractivity contribution in [2.24, 2.45) is 0 Å². The van der Waals surface area contributed by atoms with E-state index in [4.69, 9.17) is 16.3 Å². The highest BCUT2D eigenvalue weighted by Crippen LogP contribution is 2.47. The Morgan fingerprint density at radius 2 is 1.93 bits per heavy atom. The zero-order valence-corrected chi connectivity index (χ0v) is 15.5. The van der Waals surface area contributed by atoms with Crippen molar-refractivity contribution in [1.82, 2.24) is 5.32 Å². The minimum absolute atomic E-state index is 0.209. The second-order valence-electron chi connectivity index (χ2n) is 6.63. The van der Waals surface area contributed by atoms with E-state index >= 15 is 0 Å². The molecule has 2 aromatic rings. The minimum atomic E-state index is -0.277. The Balaban J connectivity index is 1.92. The quantitative estimate of drug-likeness (QED) is 0.827. The molecule has 4 rings (SSSR count). The fraction of sp³-hybridized carbons (Fsp3) is 0.182. The molecular formula is C22H17ClN2O2. The standard InChI is InChI=1S/C22H17ClN2O2/c1-13(26)25-22-19(12-24)20(15-6-9-16(23)10-7-15)18-11-8-14-4-2-3-5-17(14)21(18)27-22/h2-7,9-10,20H,8,11H2,1H3,(H,25,26). The van der Waals surface area contributed by atoms with Gasteiger partial charge in [-0.15, -0.1) is 0 Å². The number of amides is 1. The van der Waals surface area contributed by atoms with Crippen LogP contribution in [-0.2, 0) is 16.0 Å². The topological polar surface area (TPSA) is 62.1 Å². The second-order valence-corrected chi connectivity index (χ2v) is 7.07. The van der Waals surface area contributed by atoms with E-state index in [0.717, 1.165) is 35.3 Å². The lowest BCUT2D eigenvalue weighted by Gasteiger charge is -2.34. The van der Waals surface area contributed by atoms with Crippen LogP contribution in [0.2, 0.25) is 5.02 Å². The number of hydrogen-bond donors (Lipinski definition) is 1. The van der Waals surface area contributed by atoms with Gasteiger partial charge in [0.25, 0.3) is 0 Å². The van der Waals surface area contributed by atoms with E-state index < -0.39 is 0 Å². The molecule has 2 aromatic carbocycles. The molecule has 2 aliphatic rings. The monoisotopic (exact) mass is 376 g/mol. The maximum absolute atomic E-state index is 11.7. The molecule has 1 unspecified atom stereocenters. The van der Waals surface area contributed by atoms with Crippen LogP contribution < -0.4 is 5.32 Å². The van der Waals surface area contributed by atoms with E-state index in [1.54, 1.807) is 0 Å². The Bertz CT molecular complexity index is 1030. The summed E-state index contributed by atoms with van der Waals surface area (Å²) in [7, 11) is 0. The number of hydrogen-bond acceptors (Lipinski definition) is 3. The first-order valence-corrected chi connectivity index (χ1v) is 9.12. The Morgan fingerprint density at radius 1 is 1.19 bits per heavy atom. The Kier molecular flexibility index (Phi) is 4.47. The lowest BCUT2D eigenvalue weighted by molar-refractivity contribution is -0.118. The molecule has 1 heterocycles. The third-order valence-corrected chi connectivity index (χ3v) is 5.17. The Labute approximate surface area is 162 Å². The number of halogens is 1. The number of rotatable bonds is 2. The predicted molar refractivity (Wildman–Crippen MR) is 103 cm³/mol. The summed E-state index contributed by atoms with van der Waals surface area (Å²) in [6.45, 7) is 1.40. The second kappa shape index (κ2) is 6.94. The molecule has 0 fully saturated rings. The van der Waals surface area contributed by atoms with Crippen LogP contribution in [0, 0.1) is 11.3 Å². The first kappa shape index (κ1) is 17.4. The molecule has 5 heteroatoms. The first-order chi connectivity index (χ1) is 13.1. The highest BCUT2D eigenvalue weighted by molar-refractivity contribution is 6.30. The summed E-state index contributed by atoms with van der Waals surface area (Å²) in [5.74, 6) is 0.395. The summed E-state index contributed by atoms with van der Waals surface area (Å²) in [5.41, 5.74) is 4.63. The smallest absolute Gasteiger partial charge is 0.223 e. The molecule has 1 N–H and O–H groups in total. The summed E-state index contributed by atoms with van der Waals surface area (Å²) in [6.07, 6.45) is 1.68. The van der Waals surface area contributed by atoms with Gasteiger partial charge in [0.05, 0.1) is 0 Å². The van der Waals surface area contributed by atoms with E-state index in [9.17, 15) is 10.1 Å². The molecule has 0 radical (unpaired) electrons. The van der Waals surface area contributed by atoms with Crippen LogP contribution in [0.5, 0.6) is 0 Å². The van der Waals surface area contributed by atoms with Crippen LogP contribution in [0.1, 0.15) is 36.0 Å². The number of carbonyl (C=O) groups excluding carboxylic acids is 1. The van der Waals surface area contributed by atoms with Crippen molar-refractivity contribution in [3.05, 3.63) is 87.3 Å². The Morgan fingerprint density at radius 3 is 2.63 bits per heavy atom. The minimum Gasteiger partial charge on any atom is -0.439 e. The zero-order chi connectivity index (χ0) is 19.0. The van der Waals surface area contributed by atoms with Gasteiger partial charge in [-0.2, -0.15) is 5.26 Å². The molecule has 0 spiro atoms. The van der Waals surface area contributed by atoms with Crippen molar-refractivity contribution in [2.45, 2.75) is 25.7 Å². The van der Waals surface area contributed by atoms with Crippen LogP contribution in [0.3, 0.4) is 0 Å². The van der Waals surface area contributed by atoms with Gasteiger partial charge in [0.2, 0.25) is 11.8 Å². The van der Waals surface area contributed by atoms with Gasteiger partial charge < -0.3 is 4.74 Å². The largest absolute Gasteiger partial charge is 0.439 e. The molecule has 27 heavy (non-hydrogen) atoms.